The van der Waals surface area contributed by atoms with Gasteiger partial charge in [0.2, 0.25) is 10.0 Å². The molecule has 1 saturated carbocycles. The average Bonchev–Trinajstić information content (AvgIpc) is 2.75. The first kappa shape index (κ1) is 16.5. The topological polar surface area (TPSA) is 57.6 Å². The molecular weight excluding hydrogens is 286 g/mol. The third-order valence-electron chi connectivity index (χ3n) is 4.38. The predicted octanol–water partition coefficient (Wildman–Crippen LogP) is 3.08. The Hall–Kier alpha value is -0.910. The van der Waals surface area contributed by atoms with Gasteiger partial charge in [-0.3, -0.25) is 0 Å². The van der Waals surface area contributed by atoms with Crippen LogP contribution in [0.1, 0.15) is 57.1 Å². The van der Waals surface area contributed by atoms with Gasteiger partial charge in [0.05, 0.1) is 11.0 Å². The molecule has 0 saturated heterocycles. The van der Waals surface area contributed by atoms with Crippen LogP contribution in [-0.2, 0) is 10.0 Å². The minimum Gasteiger partial charge on any atom is -0.389 e. The maximum atomic E-state index is 12.7. The summed E-state index contributed by atoms with van der Waals surface area (Å²) in [4.78, 5) is 0.304. The second-order valence-electron chi connectivity index (χ2n) is 5.91. The van der Waals surface area contributed by atoms with Crippen LogP contribution in [0.25, 0.3) is 0 Å². The summed E-state index contributed by atoms with van der Waals surface area (Å²) in [6, 6.07) is 6.64. The normalized spacial score (nSPS) is 19.4. The van der Waals surface area contributed by atoms with Gasteiger partial charge in [-0.1, -0.05) is 37.8 Å². The predicted molar refractivity (Wildman–Crippen MR) is 83.5 cm³/mol. The molecule has 1 unspecified atom stereocenters. The van der Waals surface area contributed by atoms with E-state index in [2.05, 4.69) is 0 Å². The lowest BCUT2D eigenvalue weighted by atomic mass is 10.1. The Morgan fingerprint density at radius 3 is 2.10 bits per heavy atom. The Balaban J connectivity index is 2.19. The molecule has 4 nitrogen and oxygen atoms in total. The molecule has 1 aromatic carbocycles. The molecule has 1 aliphatic rings. The average molecular weight is 311 g/mol. The van der Waals surface area contributed by atoms with E-state index in [9.17, 15) is 13.5 Å². The Kier molecular flexibility index (Phi) is 5.41. The van der Waals surface area contributed by atoms with Crippen molar-refractivity contribution in [2.24, 2.45) is 0 Å². The third-order valence-corrected chi connectivity index (χ3v) is 6.30. The van der Waals surface area contributed by atoms with Crippen LogP contribution in [0.2, 0.25) is 0 Å². The summed E-state index contributed by atoms with van der Waals surface area (Å²) < 4.78 is 26.9. The number of hydrogen-bond donors (Lipinski definition) is 1. The standard InChI is InChI=1S/C16H25NO3S/c1-13(18)14-9-11-16(12-10-14)21(19,20)17(2)15-7-5-3-4-6-8-15/h9-13,15,18H,3-8H2,1-2H3. The molecule has 118 valence electrons. The first-order valence-corrected chi connectivity index (χ1v) is 9.13. The Bertz CT molecular complexity index is 543. The van der Waals surface area contributed by atoms with Crippen LogP contribution >= 0.6 is 0 Å². The maximum Gasteiger partial charge on any atom is 0.243 e. The molecule has 0 amide bonds. The molecule has 0 spiro atoms. The number of nitrogens with zero attached hydrogens (tertiary/aromatic N) is 1. The number of rotatable bonds is 4. The summed E-state index contributed by atoms with van der Waals surface area (Å²) in [6.45, 7) is 1.67. The molecule has 1 fully saturated rings. The van der Waals surface area contributed by atoms with Crippen LogP contribution in [0, 0.1) is 0 Å². The van der Waals surface area contributed by atoms with E-state index in [4.69, 9.17) is 0 Å². The summed E-state index contributed by atoms with van der Waals surface area (Å²) in [6.07, 6.45) is 5.92. The zero-order chi connectivity index (χ0) is 15.5. The van der Waals surface area contributed by atoms with Gasteiger partial charge in [-0.25, -0.2) is 8.42 Å². The van der Waals surface area contributed by atoms with Crippen molar-refractivity contribution in [3.63, 3.8) is 0 Å². The van der Waals surface area contributed by atoms with E-state index in [1.807, 2.05) is 0 Å². The van der Waals surface area contributed by atoms with Gasteiger partial charge in [0, 0.05) is 13.1 Å². The van der Waals surface area contributed by atoms with Gasteiger partial charge in [-0.2, -0.15) is 4.31 Å². The summed E-state index contributed by atoms with van der Waals surface area (Å²) >= 11 is 0. The second-order valence-corrected chi connectivity index (χ2v) is 7.91. The molecule has 21 heavy (non-hydrogen) atoms. The van der Waals surface area contributed by atoms with Gasteiger partial charge in [-0.15, -0.1) is 0 Å². The smallest absolute Gasteiger partial charge is 0.243 e. The van der Waals surface area contributed by atoms with Gasteiger partial charge >= 0.3 is 0 Å². The van der Waals surface area contributed by atoms with Gasteiger partial charge < -0.3 is 5.11 Å². The molecule has 0 bridgehead atoms. The maximum absolute atomic E-state index is 12.7. The number of hydrogen-bond acceptors (Lipinski definition) is 3. The van der Waals surface area contributed by atoms with Crippen molar-refractivity contribution in [2.45, 2.75) is 62.5 Å². The number of benzene rings is 1. The molecule has 5 heteroatoms. The highest BCUT2D eigenvalue weighted by atomic mass is 32.2. The highest BCUT2D eigenvalue weighted by molar-refractivity contribution is 7.89. The first-order chi connectivity index (χ1) is 9.93. The monoisotopic (exact) mass is 311 g/mol. The number of sulfonamides is 1. The quantitative estimate of drug-likeness (QED) is 0.869. The van der Waals surface area contributed by atoms with Crippen LogP contribution in [-0.4, -0.2) is 30.9 Å². The van der Waals surface area contributed by atoms with Crippen molar-refractivity contribution in [2.75, 3.05) is 7.05 Å². The summed E-state index contributed by atoms with van der Waals surface area (Å²) in [7, 11) is -1.76. The molecular formula is C16H25NO3S. The lowest BCUT2D eigenvalue weighted by Crippen LogP contribution is -2.36. The lowest BCUT2D eigenvalue weighted by Gasteiger charge is -2.26. The first-order valence-electron chi connectivity index (χ1n) is 7.69. The Morgan fingerprint density at radius 1 is 1.10 bits per heavy atom. The van der Waals surface area contributed by atoms with Crippen molar-refractivity contribution in [3.05, 3.63) is 29.8 Å². The molecule has 1 aromatic rings. The van der Waals surface area contributed by atoms with E-state index < -0.39 is 16.1 Å². The molecule has 1 N–H and O–H groups in total. The van der Waals surface area contributed by atoms with Crippen LogP contribution < -0.4 is 0 Å². The van der Waals surface area contributed by atoms with Gasteiger partial charge in [0.25, 0.3) is 0 Å². The van der Waals surface area contributed by atoms with Crippen LogP contribution in [0.15, 0.2) is 29.2 Å². The van der Waals surface area contributed by atoms with Crippen molar-refractivity contribution >= 4 is 10.0 Å². The van der Waals surface area contributed by atoms with Gasteiger partial charge in [0.1, 0.15) is 0 Å². The van der Waals surface area contributed by atoms with Crippen molar-refractivity contribution < 1.29 is 13.5 Å². The van der Waals surface area contributed by atoms with E-state index >= 15 is 0 Å². The van der Waals surface area contributed by atoms with Crippen LogP contribution in [0.5, 0.6) is 0 Å². The zero-order valence-electron chi connectivity index (χ0n) is 12.8. The third kappa shape index (κ3) is 3.84. The number of aliphatic hydroxyl groups excluding tert-OH is 1. The molecule has 0 aromatic heterocycles. The van der Waals surface area contributed by atoms with E-state index in [-0.39, 0.29) is 6.04 Å². The summed E-state index contributed by atoms with van der Waals surface area (Å²) in [5.74, 6) is 0. The minimum absolute atomic E-state index is 0.106. The van der Waals surface area contributed by atoms with E-state index in [0.717, 1.165) is 31.2 Å². The molecule has 0 radical (unpaired) electrons. The lowest BCUT2D eigenvalue weighted by molar-refractivity contribution is 0.199. The van der Waals surface area contributed by atoms with E-state index in [1.54, 1.807) is 38.2 Å². The fraction of sp³-hybridized carbons (Fsp3) is 0.625. The summed E-state index contributed by atoms with van der Waals surface area (Å²) in [5, 5.41) is 9.50. The fourth-order valence-electron chi connectivity index (χ4n) is 2.90. The van der Waals surface area contributed by atoms with Gasteiger partial charge in [-0.05, 0) is 37.5 Å². The van der Waals surface area contributed by atoms with Crippen molar-refractivity contribution in [3.8, 4) is 0 Å². The van der Waals surface area contributed by atoms with E-state index in [1.165, 1.54) is 17.1 Å². The zero-order valence-corrected chi connectivity index (χ0v) is 13.6. The molecule has 0 heterocycles. The summed E-state index contributed by atoms with van der Waals surface area (Å²) in [5.41, 5.74) is 0.728. The Labute approximate surface area is 127 Å². The largest absolute Gasteiger partial charge is 0.389 e. The highest BCUT2D eigenvalue weighted by Crippen LogP contribution is 2.26. The SMILES string of the molecule is CC(O)c1ccc(S(=O)(=O)N(C)C2CCCCCC2)cc1. The van der Waals surface area contributed by atoms with Crippen molar-refractivity contribution in [1.29, 1.82) is 0 Å². The Morgan fingerprint density at radius 2 is 1.62 bits per heavy atom. The highest BCUT2D eigenvalue weighted by Gasteiger charge is 2.28. The number of aliphatic hydroxyl groups is 1. The fourth-order valence-corrected chi connectivity index (χ4v) is 4.32. The minimum atomic E-state index is -3.45. The molecule has 1 atom stereocenters. The van der Waals surface area contributed by atoms with Crippen LogP contribution in [0.4, 0.5) is 0 Å². The molecule has 2 rings (SSSR count). The molecule has 1 aliphatic carbocycles. The van der Waals surface area contributed by atoms with Gasteiger partial charge in [0.15, 0.2) is 0 Å². The van der Waals surface area contributed by atoms with Crippen molar-refractivity contribution in [1.82, 2.24) is 4.31 Å². The second kappa shape index (κ2) is 6.90. The van der Waals surface area contributed by atoms with E-state index in [0.29, 0.717) is 4.90 Å². The van der Waals surface area contributed by atoms with Crippen LogP contribution in [0.3, 0.4) is 0 Å². The molecule has 0 aliphatic heterocycles.